The van der Waals surface area contributed by atoms with E-state index >= 15 is 0 Å². The van der Waals surface area contributed by atoms with Gasteiger partial charge in [0.1, 0.15) is 5.69 Å². The van der Waals surface area contributed by atoms with Gasteiger partial charge in [-0.15, -0.1) is 0 Å². The minimum atomic E-state index is -0.312. The van der Waals surface area contributed by atoms with Crippen molar-refractivity contribution in [1.82, 2.24) is 9.78 Å². The second-order valence-corrected chi connectivity index (χ2v) is 6.28. The van der Waals surface area contributed by atoms with Crippen molar-refractivity contribution in [2.75, 3.05) is 5.32 Å². The normalized spacial score (nSPS) is 26.2. The van der Waals surface area contributed by atoms with Gasteiger partial charge in [-0.1, -0.05) is 27.7 Å². The van der Waals surface area contributed by atoms with E-state index < -0.39 is 0 Å². The molecule has 3 atom stereocenters. The van der Waals surface area contributed by atoms with Crippen LogP contribution in [0.5, 0.6) is 0 Å². The molecule has 0 bridgehead atoms. The fourth-order valence-electron chi connectivity index (χ4n) is 3.01. The van der Waals surface area contributed by atoms with E-state index in [0.29, 0.717) is 29.4 Å². The SMILES string of the molecule is CC(C)c1nn(C)c(NC2CCC(C)C2C)c1[N+](=O)[O-]. The van der Waals surface area contributed by atoms with Gasteiger partial charge in [0.25, 0.3) is 0 Å². The average molecular weight is 280 g/mol. The Labute approximate surface area is 119 Å². The molecule has 0 amide bonds. The van der Waals surface area contributed by atoms with Crippen molar-refractivity contribution in [3.05, 3.63) is 15.8 Å². The molecule has 6 nitrogen and oxygen atoms in total. The van der Waals surface area contributed by atoms with Crippen molar-refractivity contribution in [2.45, 2.75) is 52.5 Å². The second kappa shape index (κ2) is 5.42. The third kappa shape index (κ3) is 2.51. The lowest BCUT2D eigenvalue weighted by Crippen LogP contribution is -2.25. The first-order chi connectivity index (χ1) is 9.32. The van der Waals surface area contributed by atoms with Gasteiger partial charge in [0.2, 0.25) is 5.82 Å². The van der Waals surface area contributed by atoms with E-state index in [1.165, 1.54) is 6.42 Å². The van der Waals surface area contributed by atoms with Crippen molar-refractivity contribution in [2.24, 2.45) is 18.9 Å². The van der Waals surface area contributed by atoms with Crippen molar-refractivity contribution < 1.29 is 4.92 Å². The first-order valence-electron chi connectivity index (χ1n) is 7.30. The second-order valence-electron chi connectivity index (χ2n) is 6.28. The van der Waals surface area contributed by atoms with E-state index in [2.05, 4.69) is 24.3 Å². The van der Waals surface area contributed by atoms with Gasteiger partial charge >= 0.3 is 5.69 Å². The van der Waals surface area contributed by atoms with Crippen LogP contribution in [0, 0.1) is 22.0 Å². The Kier molecular flexibility index (Phi) is 4.01. The Balaban J connectivity index is 2.34. The molecule has 3 unspecified atom stereocenters. The Bertz CT molecular complexity index is 510. The van der Waals surface area contributed by atoms with E-state index in [-0.39, 0.29) is 16.5 Å². The largest absolute Gasteiger partial charge is 0.362 e. The van der Waals surface area contributed by atoms with Crippen molar-refractivity contribution in [3.8, 4) is 0 Å². The molecule has 2 rings (SSSR count). The van der Waals surface area contributed by atoms with E-state index in [1.54, 1.807) is 11.7 Å². The van der Waals surface area contributed by atoms with Gasteiger partial charge in [0, 0.05) is 19.0 Å². The zero-order valence-corrected chi connectivity index (χ0v) is 12.9. The Morgan fingerprint density at radius 1 is 1.40 bits per heavy atom. The van der Waals surface area contributed by atoms with E-state index in [1.807, 2.05) is 13.8 Å². The molecule has 1 N–H and O–H groups in total. The third-order valence-electron chi connectivity index (χ3n) is 4.57. The molecule has 6 heteroatoms. The zero-order chi connectivity index (χ0) is 15.0. The van der Waals surface area contributed by atoms with Gasteiger partial charge < -0.3 is 5.32 Å². The van der Waals surface area contributed by atoms with Crippen molar-refractivity contribution >= 4 is 11.5 Å². The predicted molar refractivity (Wildman–Crippen MR) is 78.9 cm³/mol. The molecule has 0 aliphatic heterocycles. The predicted octanol–water partition coefficient (Wildman–Crippen LogP) is 3.30. The topological polar surface area (TPSA) is 73.0 Å². The van der Waals surface area contributed by atoms with Crippen LogP contribution in [0.15, 0.2) is 0 Å². The Morgan fingerprint density at radius 2 is 2.05 bits per heavy atom. The number of nitrogens with one attached hydrogen (secondary N) is 1. The fraction of sp³-hybridized carbons (Fsp3) is 0.786. The number of nitro groups is 1. The van der Waals surface area contributed by atoms with Gasteiger partial charge in [-0.2, -0.15) is 5.10 Å². The van der Waals surface area contributed by atoms with Crippen LogP contribution in [0.1, 0.15) is 52.1 Å². The summed E-state index contributed by atoms with van der Waals surface area (Å²) in [5, 5.41) is 19.1. The van der Waals surface area contributed by atoms with Gasteiger partial charge in [0.05, 0.1) is 4.92 Å². The van der Waals surface area contributed by atoms with Crippen LogP contribution in [0.4, 0.5) is 11.5 Å². The van der Waals surface area contributed by atoms with Crippen LogP contribution in [-0.2, 0) is 7.05 Å². The molecule has 20 heavy (non-hydrogen) atoms. The molecule has 0 spiro atoms. The molecular weight excluding hydrogens is 256 g/mol. The van der Waals surface area contributed by atoms with Crippen LogP contribution in [-0.4, -0.2) is 20.7 Å². The molecule has 1 aromatic rings. The van der Waals surface area contributed by atoms with E-state index in [9.17, 15) is 10.1 Å². The van der Waals surface area contributed by atoms with E-state index in [0.717, 1.165) is 6.42 Å². The van der Waals surface area contributed by atoms with Gasteiger partial charge in [0.15, 0.2) is 0 Å². The Hall–Kier alpha value is -1.59. The van der Waals surface area contributed by atoms with Crippen molar-refractivity contribution in [3.63, 3.8) is 0 Å². The first-order valence-corrected chi connectivity index (χ1v) is 7.30. The first kappa shape index (κ1) is 14.8. The maximum atomic E-state index is 11.4. The van der Waals surface area contributed by atoms with Crippen LogP contribution in [0.25, 0.3) is 0 Å². The monoisotopic (exact) mass is 280 g/mol. The maximum Gasteiger partial charge on any atom is 0.334 e. The average Bonchev–Trinajstić information content (AvgIpc) is 2.85. The van der Waals surface area contributed by atoms with E-state index in [4.69, 9.17) is 0 Å². The summed E-state index contributed by atoms with van der Waals surface area (Å²) in [7, 11) is 1.77. The summed E-state index contributed by atoms with van der Waals surface area (Å²) in [6, 6.07) is 0.291. The van der Waals surface area contributed by atoms with Crippen LogP contribution < -0.4 is 5.32 Å². The number of nitrogens with zero attached hydrogens (tertiary/aromatic N) is 3. The maximum absolute atomic E-state index is 11.4. The number of hydrogen-bond acceptors (Lipinski definition) is 4. The molecular formula is C14H24N4O2. The number of hydrogen-bond donors (Lipinski definition) is 1. The summed E-state index contributed by atoms with van der Waals surface area (Å²) in [4.78, 5) is 11.1. The highest BCUT2D eigenvalue weighted by atomic mass is 16.6. The number of anilines is 1. The quantitative estimate of drug-likeness (QED) is 0.678. The molecule has 1 saturated carbocycles. The minimum absolute atomic E-state index is 0.0390. The highest BCUT2D eigenvalue weighted by Crippen LogP contribution is 2.37. The summed E-state index contributed by atoms with van der Waals surface area (Å²) < 4.78 is 1.61. The molecule has 0 aromatic carbocycles. The third-order valence-corrected chi connectivity index (χ3v) is 4.57. The smallest absolute Gasteiger partial charge is 0.334 e. The standard InChI is InChI=1S/C14H24N4O2/c1-8(2)12-13(18(19)20)14(17(5)16-12)15-11-7-6-9(3)10(11)4/h8-11,15H,6-7H2,1-5H3. The molecule has 1 fully saturated rings. The summed E-state index contributed by atoms with van der Waals surface area (Å²) in [5.41, 5.74) is 0.688. The zero-order valence-electron chi connectivity index (χ0n) is 12.9. The van der Waals surface area contributed by atoms with Gasteiger partial charge in [-0.05, 0) is 24.7 Å². The van der Waals surface area contributed by atoms with Crippen LogP contribution in [0.2, 0.25) is 0 Å². The number of aryl methyl sites for hydroxylation is 1. The number of rotatable bonds is 4. The fourth-order valence-corrected chi connectivity index (χ4v) is 3.01. The minimum Gasteiger partial charge on any atom is -0.362 e. The van der Waals surface area contributed by atoms with Gasteiger partial charge in [-0.3, -0.25) is 10.1 Å². The lowest BCUT2D eigenvalue weighted by atomic mass is 9.98. The van der Waals surface area contributed by atoms with Crippen LogP contribution >= 0.6 is 0 Å². The van der Waals surface area contributed by atoms with Crippen LogP contribution in [0.3, 0.4) is 0 Å². The highest BCUT2D eigenvalue weighted by molar-refractivity contribution is 5.61. The lowest BCUT2D eigenvalue weighted by Gasteiger charge is -2.20. The summed E-state index contributed by atoms with van der Waals surface area (Å²) >= 11 is 0. The Morgan fingerprint density at radius 3 is 2.50 bits per heavy atom. The summed E-state index contributed by atoms with van der Waals surface area (Å²) in [6.45, 7) is 8.31. The molecule has 1 aliphatic carbocycles. The lowest BCUT2D eigenvalue weighted by molar-refractivity contribution is -0.384. The molecule has 1 aromatic heterocycles. The van der Waals surface area contributed by atoms with Crippen molar-refractivity contribution in [1.29, 1.82) is 0 Å². The molecule has 1 aliphatic rings. The van der Waals surface area contributed by atoms with Gasteiger partial charge in [-0.25, -0.2) is 4.68 Å². The summed E-state index contributed by atoms with van der Waals surface area (Å²) in [5.74, 6) is 1.76. The number of aromatic nitrogens is 2. The molecule has 112 valence electrons. The summed E-state index contributed by atoms with van der Waals surface area (Å²) in [6.07, 6.45) is 2.23. The molecule has 0 radical (unpaired) electrons. The highest BCUT2D eigenvalue weighted by Gasteiger charge is 2.34. The molecule has 1 heterocycles. The molecule has 0 saturated heterocycles.